The number of fused-ring (bicyclic) bond motifs is 10. The van der Waals surface area contributed by atoms with Crippen molar-refractivity contribution in [2.75, 3.05) is 9.80 Å². The molecule has 0 saturated heterocycles. The van der Waals surface area contributed by atoms with Crippen molar-refractivity contribution in [2.45, 2.75) is 0 Å². The van der Waals surface area contributed by atoms with Crippen LogP contribution in [-0.2, 0) is 0 Å². The van der Waals surface area contributed by atoms with E-state index in [4.69, 9.17) is 6.57 Å². The lowest BCUT2D eigenvalue weighted by atomic mass is 9.33. The van der Waals surface area contributed by atoms with Crippen LogP contribution in [0.4, 0.5) is 39.8 Å². The molecule has 2 aromatic heterocycles. The molecule has 0 atom stereocenters. The van der Waals surface area contributed by atoms with Crippen molar-refractivity contribution < 1.29 is 0 Å². The molecular weight excluding hydrogens is 1530 g/mol. The zero-order valence-electron chi connectivity index (χ0n) is 69.3. The van der Waals surface area contributed by atoms with E-state index in [9.17, 15) is 0 Å². The van der Waals surface area contributed by atoms with Gasteiger partial charge in [0.25, 0.3) is 6.71 Å². The van der Waals surface area contributed by atoms with E-state index in [1.807, 2.05) is 12.1 Å². The average Bonchev–Trinajstić information content (AvgIpc) is 0.979. The van der Waals surface area contributed by atoms with Gasteiger partial charge in [0.15, 0.2) is 5.69 Å². The van der Waals surface area contributed by atoms with E-state index in [-0.39, 0.29) is 6.71 Å². The first-order valence-electron chi connectivity index (χ1n) is 43.6. The van der Waals surface area contributed by atoms with Crippen LogP contribution in [0, 0.1) is 6.57 Å². The third-order valence-electron chi connectivity index (χ3n) is 26.0. The van der Waals surface area contributed by atoms with Gasteiger partial charge in [0, 0.05) is 77.9 Å². The Labute approximate surface area is 738 Å². The lowest BCUT2D eigenvalue weighted by Crippen LogP contribution is -2.61. The molecule has 0 aliphatic carbocycles. The van der Waals surface area contributed by atoms with Gasteiger partial charge in [0.05, 0.1) is 40.0 Å². The summed E-state index contributed by atoms with van der Waals surface area (Å²) in [4.78, 5) is 9.37. The lowest BCUT2D eigenvalue weighted by molar-refractivity contribution is 1.17. The predicted octanol–water partition coefficient (Wildman–Crippen LogP) is 30.9. The number of benzene rings is 20. The van der Waals surface area contributed by atoms with Crippen LogP contribution in [0.5, 0.6) is 0 Å². The molecule has 4 heterocycles. The molecule has 0 spiro atoms. The second-order valence-electron chi connectivity index (χ2n) is 33.3. The van der Waals surface area contributed by atoms with Crippen LogP contribution in [0.3, 0.4) is 0 Å². The first-order chi connectivity index (χ1) is 62.9. The molecule has 0 N–H and O–H groups in total. The molecule has 0 amide bonds. The van der Waals surface area contributed by atoms with Crippen molar-refractivity contribution in [1.29, 1.82) is 0 Å². The fourth-order valence-electron chi connectivity index (χ4n) is 20.2. The van der Waals surface area contributed by atoms with Gasteiger partial charge in [-0.1, -0.05) is 364 Å². The molecule has 2 aliphatic rings. The van der Waals surface area contributed by atoms with Gasteiger partial charge in [-0.2, -0.15) is 0 Å². The van der Waals surface area contributed by atoms with Crippen LogP contribution in [0.25, 0.3) is 182 Å². The molecule has 24 rings (SSSR count). The zero-order chi connectivity index (χ0) is 84.0. The van der Waals surface area contributed by atoms with Crippen LogP contribution < -0.4 is 26.2 Å². The lowest BCUT2D eigenvalue weighted by Gasteiger charge is -2.46. The fourth-order valence-corrected chi connectivity index (χ4v) is 20.2. The molecule has 0 radical (unpaired) electrons. The van der Waals surface area contributed by atoms with E-state index in [1.54, 1.807) is 0 Å². The Balaban J connectivity index is 0.892. The first kappa shape index (κ1) is 74.0. The second kappa shape index (κ2) is 30.9. The topological polar surface area (TPSA) is 20.7 Å². The number of rotatable bonds is 15. The van der Waals surface area contributed by atoms with Crippen LogP contribution in [0.2, 0.25) is 0 Å². The molecule has 127 heavy (non-hydrogen) atoms. The van der Waals surface area contributed by atoms with Crippen LogP contribution in [-0.4, -0.2) is 15.8 Å². The van der Waals surface area contributed by atoms with E-state index in [0.717, 1.165) is 206 Å². The SMILES string of the molecule is [C-]#[N+]c1ccc(-c2cc(-c3cccc(-c4ccccc4)c3)c(N3c4cc(-n5c6ccccc6c6ccccc65)ccc4B4c5ccc(-n6c7ccccc7c7ccccc76)cc5N(c5c(-c6cccc(-c7ccccc7)c6)cc(-c6ccccc6)cc5-c5cccc(-c6ccccc6)c5)c5cc(-c6ccccc6)cc3c54)c(-c3cccc(-c4ccccc4)c3)c2)cc1. The minimum Gasteiger partial charge on any atom is -0.310 e. The van der Waals surface area contributed by atoms with Gasteiger partial charge in [0.2, 0.25) is 0 Å². The van der Waals surface area contributed by atoms with E-state index in [0.29, 0.717) is 5.69 Å². The fraction of sp³-hybridized carbons (Fsp3) is 0. The molecule has 0 bridgehead atoms. The zero-order valence-corrected chi connectivity index (χ0v) is 69.3. The Hall–Kier alpha value is -16.8. The summed E-state index contributed by atoms with van der Waals surface area (Å²) in [5, 5.41) is 4.75. The smallest absolute Gasteiger partial charge is 0.252 e. The Morgan fingerprint density at radius 1 is 0.189 bits per heavy atom. The normalized spacial score (nSPS) is 12.0. The summed E-state index contributed by atoms with van der Waals surface area (Å²) in [5.74, 6) is 0. The highest BCUT2D eigenvalue weighted by atomic mass is 15.2. The highest BCUT2D eigenvalue weighted by molar-refractivity contribution is 7.00. The number of aromatic nitrogens is 2. The van der Waals surface area contributed by atoms with Gasteiger partial charge < -0.3 is 18.9 Å². The Kier molecular flexibility index (Phi) is 18.0. The third kappa shape index (κ3) is 12.8. The third-order valence-corrected chi connectivity index (χ3v) is 26.0. The van der Waals surface area contributed by atoms with Crippen LogP contribution in [0.1, 0.15) is 0 Å². The summed E-state index contributed by atoms with van der Waals surface area (Å²) >= 11 is 0. The highest BCUT2D eigenvalue weighted by Gasteiger charge is 2.46. The standard InChI is InChI=1S/C121H78BN5/c1-123-98-62-60-86(61-63-98)96-74-107(93-50-30-46-89(70-93)82-36-12-4-13-37-82)121(108(75-96)94-51-31-47-90(71-94)83-38-14-5-15-39-83)127-116-79-100(125-113-58-26-22-54-103(113)104-55-23-27-59-114(104)125)65-67-110(116)122-109-66-64-99(124-111-56-24-20-52-101(111)102-53-21-25-57-112(102)124)78-115(109)126(117-76-97(77-118(127)119(117)122)85-42-18-7-19-43-85)120-105(91-48-28-44-87(68-91)80-32-8-2-9-33-80)72-95(84-40-16-6-17-41-84)73-106(120)92-49-29-45-88(69-92)81-34-10-3-11-35-81/h2-79H. The summed E-state index contributed by atoms with van der Waals surface area (Å²) in [5.41, 5.74) is 40.5. The maximum Gasteiger partial charge on any atom is 0.252 e. The molecule has 20 aromatic carbocycles. The molecule has 5 nitrogen and oxygen atoms in total. The summed E-state index contributed by atoms with van der Waals surface area (Å²) < 4.78 is 4.99. The maximum absolute atomic E-state index is 8.23. The summed E-state index contributed by atoms with van der Waals surface area (Å²) in [6, 6.07) is 176. The van der Waals surface area contributed by atoms with Crippen LogP contribution in [0.15, 0.2) is 473 Å². The summed E-state index contributed by atoms with van der Waals surface area (Å²) in [6.45, 7) is 7.85. The van der Waals surface area contributed by atoms with Gasteiger partial charge in [-0.3, -0.25) is 0 Å². The van der Waals surface area contributed by atoms with E-state index in [2.05, 4.69) is 485 Å². The number of nitrogens with zero attached hydrogens (tertiary/aromatic N) is 5. The Morgan fingerprint density at radius 2 is 0.441 bits per heavy atom. The number of hydrogen-bond acceptors (Lipinski definition) is 2. The monoisotopic (exact) mass is 1610 g/mol. The Morgan fingerprint density at radius 3 is 0.740 bits per heavy atom. The average molecular weight is 1610 g/mol. The number of anilines is 6. The molecule has 22 aromatic rings. The minimum atomic E-state index is -0.389. The van der Waals surface area contributed by atoms with Crippen LogP contribution >= 0.6 is 0 Å². The Bertz CT molecular complexity index is 7790. The molecule has 0 saturated carbocycles. The van der Waals surface area contributed by atoms with Gasteiger partial charge in [0.1, 0.15) is 0 Å². The van der Waals surface area contributed by atoms with E-state index in [1.165, 1.54) is 21.5 Å². The molecular formula is C121H78BN5. The van der Waals surface area contributed by atoms with E-state index < -0.39 is 0 Å². The van der Waals surface area contributed by atoms with E-state index >= 15 is 0 Å². The summed E-state index contributed by atoms with van der Waals surface area (Å²) in [6.07, 6.45) is 0. The van der Waals surface area contributed by atoms with Crippen molar-refractivity contribution in [3.8, 4) is 134 Å². The second-order valence-corrected chi connectivity index (χ2v) is 33.3. The van der Waals surface area contributed by atoms with Crippen molar-refractivity contribution in [2.24, 2.45) is 0 Å². The maximum atomic E-state index is 8.23. The molecule has 0 unspecified atom stereocenters. The van der Waals surface area contributed by atoms with Gasteiger partial charge in [-0.05, 0) is 226 Å². The first-order valence-corrected chi connectivity index (χ1v) is 43.6. The van der Waals surface area contributed by atoms with Crippen molar-refractivity contribution in [3.05, 3.63) is 485 Å². The van der Waals surface area contributed by atoms with Crippen molar-refractivity contribution in [3.63, 3.8) is 0 Å². The van der Waals surface area contributed by atoms with Gasteiger partial charge in [-0.15, -0.1) is 0 Å². The van der Waals surface area contributed by atoms with Gasteiger partial charge in [-0.25, -0.2) is 4.85 Å². The number of hydrogen-bond donors (Lipinski definition) is 0. The highest BCUT2D eigenvalue weighted by Crippen LogP contribution is 2.57. The summed E-state index contributed by atoms with van der Waals surface area (Å²) in [7, 11) is 0. The minimum absolute atomic E-state index is 0.389. The quantitative estimate of drug-likeness (QED) is 0.0753. The molecule has 0 fully saturated rings. The molecule has 2 aliphatic heterocycles. The predicted molar refractivity (Wildman–Crippen MR) is 535 cm³/mol. The molecule has 590 valence electrons. The number of para-hydroxylation sites is 4. The molecule has 6 heteroatoms. The largest absolute Gasteiger partial charge is 0.310 e. The van der Waals surface area contributed by atoms with Crippen molar-refractivity contribution >= 4 is 107 Å². The van der Waals surface area contributed by atoms with Gasteiger partial charge >= 0.3 is 0 Å². The van der Waals surface area contributed by atoms with Crippen molar-refractivity contribution in [1.82, 2.24) is 9.13 Å².